The van der Waals surface area contributed by atoms with E-state index in [1.165, 1.54) is 30.4 Å². The Balaban J connectivity index is 2.13. The maximum atomic E-state index is 5.79. The van der Waals surface area contributed by atoms with Crippen molar-refractivity contribution in [3.63, 3.8) is 0 Å². The molecule has 1 fully saturated rings. The number of aryl methyl sites for hydroxylation is 1. The average Bonchev–Trinajstić information content (AvgIpc) is 2.38. The molecule has 0 aliphatic heterocycles. The third-order valence-electron chi connectivity index (χ3n) is 4.37. The van der Waals surface area contributed by atoms with Gasteiger partial charge in [-0.05, 0) is 62.8 Å². The molecule has 0 spiro atoms. The van der Waals surface area contributed by atoms with Gasteiger partial charge in [0, 0.05) is 25.5 Å². The molecule has 0 radical (unpaired) electrons. The van der Waals surface area contributed by atoms with Crippen molar-refractivity contribution in [2.45, 2.75) is 57.6 Å². The number of methoxy groups -OCH3 is 1. The first-order chi connectivity index (χ1) is 9.21. The van der Waals surface area contributed by atoms with Crippen LogP contribution in [0, 0.1) is 6.92 Å². The van der Waals surface area contributed by atoms with Gasteiger partial charge in [-0.15, -0.1) is 0 Å². The van der Waals surface area contributed by atoms with Crippen LogP contribution in [0.5, 0.6) is 0 Å². The normalized spacial score (nSPS) is 18.9. The fraction of sp³-hybridized carbons (Fsp3) is 0.688. The Hall–Kier alpha value is -0.930. The first kappa shape index (κ1) is 14.5. The second-order valence-corrected chi connectivity index (χ2v) is 5.68. The van der Waals surface area contributed by atoms with E-state index in [0.717, 1.165) is 19.4 Å². The third-order valence-corrected chi connectivity index (χ3v) is 4.37. The molecule has 106 valence electrons. The summed E-state index contributed by atoms with van der Waals surface area (Å²) in [4.78, 5) is 4.29. The number of nitrogens with one attached hydrogen (secondary N) is 1. The summed E-state index contributed by atoms with van der Waals surface area (Å²) in [7, 11) is 1.85. The van der Waals surface area contributed by atoms with Crippen LogP contribution in [-0.4, -0.2) is 24.2 Å². The van der Waals surface area contributed by atoms with E-state index in [-0.39, 0.29) is 5.60 Å². The van der Waals surface area contributed by atoms with Crippen LogP contribution in [0.4, 0.5) is 0 Å². The number of nitrogens with zero attached hydrogens (tertiary/aromatic N) is 1. The molecule has 1 heterocycles. The second-order valence-electron chi connectivity index (χ2n) is 5.68. The van der Waals surface area contributed by atoms with Crippen molar-refractivity contribution in [1.82, 2.24) is 10.3 Å². The molecule has 1 N–H and O–H groups in total. The molecule has 0 amide bonds. The lowest BCUT2D eigenvalue weighted by molar-refractivity contribution is -0.0838. The summed E-state index contributed by atoms with van der Waals surface area (Å²) >= 11 is 0. The molecule has 1 saturated carbocycles. The first-order valence-electron chi connectivity index (χ1n) is 7.40. The standard InChI is InChI=1S/C16H26N2O/c1-4-9-18-15(11-16(19-3)7-5-8-16)14-12-17-10-6-13(14)2/h6,10,12,15,18H,4-5,7-9,11H2,1-3H3. The van der Waals surface area contributed by atoms with E-state index in [0.29, 0.717) is 6.04 Å². The van der Waals surface area contributed by atoms with Gasteiger partial charge in [-0.1, -0.05) is 6.92 Å². The lowest BCUT2D eigenvalue weighted by Gasteiger charge is -2.43. The first-order valence-corrected chi connectivity index (χ1v) is 7.40. The Morgan fingerprint density at radius 2 is 2.26 bits per heavy atom. The van der Waals surface area contributed by atoms with Crippen LogP contribution in [0.2, 0.25) is 0 Å². The smallest absolute Gasteiger partial charge is 0.0697 e. The number of pyridine rings is 1. The molecule has 2 rings (SSSR count). The number of aromatic nitrogens is 1. The van der Waals surface area contributed by atoms with Gasteiger partial charge in [0.25, 0.3) is 0 Å². The molecule has 1 aromatic heterocycles. The lowest BCUT2D eigenvalue weighted by Crippen LogP contribution is -2.43. The molecule has 3 nitrogen and oxygen atoms in total. The van der Waals surface area contributed by atoms with Gasteiger partial charge in [-0.2, -0.15) is 0 Å². The van der Waals surface area contributed by atoms with E-state index in [2.05, 4.69) is 30.2 Å². The quantitative estimate of drug-likeness (QED) is 0.818. The molecule has 0 bridgehead atoms. The summed E-state index contributed by atoms with van der Waals surface area (Å²) < 4.78 is 5.79. The number of rotatable bonds is 7. The Morgan fingerprint density at radius 3 is 2.79 bits per heavy atom. The van der Waals surface area contributed by atoms with Gasteiger partial charge in [0.15, 0.2) is 0 Å². The number of hydrogen-bond donors (Lipinski definition) is 1. The van der Waals surface area contributed by atoms with E-state index in [4.69, 9.17) is 4.74 Å². The van der Waals surface area contributed by atoms with Gasteiger partial charge in [-0.25, -0.2) is 0 Å². The Bertz CT molecular complexity index is 396. The molecular weight excluding hydrogens is 236 g/mol. The highest BCUT2D eigenvalue weighted by Crippen LogP contribution is 2.42. The third kappa shape index (κ3) is 3.34. The summed E-state index contributed by atoms with van der Waals surface area (Å²) in [5.41, 5.74) is 2.72. The van der Waals surface area contributed by atoms with E-state index in [1.807, 2.05) is 19.5 Å². The maximum Gasteiger partial charge on any atom is 0.0697 e. The topological polar surface area (TPSA) is 34.1 Å². The highest BCUT2D eigenvalue weighted by molar-refractivity contribution is 5.25. The monoisotopic (exact) mass is 262 g/mol. The summed E-state index contributed by atoms with van der Waals surface area (Å²) in [5.74, 6) is 0. The van der Waals surface area contributed by atoms with Crippen LogP contribution in [-0.2, 0) is 4.74 Å². The minimum absolute atomic E-state index is 0.0910. The van der Waals surface area contributed by atoms with Gasteiger partial charge < -0.3 is 10.1 Å². The Kier molecular flexibility index (Phi) is 4.94. The average molecular weight is 262 g/mol. The highest BCUT2D eigenvalue weighted by Gasteiger charge is 2.39. The Labute approximate surface area is 116 Å². The van der Waals surface area contributed by atoms with E-state index in [9.17, 15) is 0 Å². The number of hydrogen-bond acceptors (Lipinski definition) is 3. The van der Waals surface area contributed by atoms with E-state index >= 15 is 0 Å². The van der Waals surface area contributed by atoms with Crippen molar-refractivity contribution in [2.24, 2.45) is 0 Å². The molecule has 19 heavy (non-hydrogen) atoms. The van der Waals surface area contributed by atoms with Crippen molar-refractivity contribution >= 4 is 0 Å². The summed E-state index contributed by atoms with van der Waals surface area (Å²) in [6.07, 6.45) is 9.74. The fourth-order valence-corrected chi connectivity index (χ4v) is 2.89. The molecule has 0 saturated heterocycles. The lowest BCUT2D eigenvalue weighted by atomic mass is 9.74. The molecule has 1 aliphatic rings. The van der Waals surface area contributed by atoms with E-state index < -0.39 is 0 Å². The zero-order chi connectivity index (χ0) is 13.7. The van der Waals surface area contributed by atoms with Crippen molar-refractivity contribution in [1.29, 1.82) is 0 Å². The summed E-state index contributed by atoms with van der Waals surface area (Å²) in [6, 6.07) is 2.45. The van der Waals surface area contributed by atoms with Gasteiger partial charge >= 0.3 is 0 Å². The molecule has 0 aromatic carbocycles. The van der Waals surface area contributed by atoms with Crippen LogP contribution < -0.4 is 5.32 Å². The van der Waals surface area contributed by atoms with Crippen LogP contribution in [0.3, 0.4) is 0 Å². The van der Waals surface area contributed by atoms with Crippen molar-refractivity contribution < 1.29 is 4.74 Å². The van der Waals surface area contributed by atoms with Crippen LogP contribution in [0.1, 0.15) is 56.2 Å². The van der Waals surface area contributed by atoms with Crippen LogP contribution >= 0.6 is 0 Å². The molecule has 1 aliphatic carbocycles. The summed E-state index contributed by atoms with van der Waals surface area (Å²) in [5, 5.41) is 3.66. The Morgan fingerprint density at radius 1 is 1.47 bits per heavy atom. The molecule has 3 heteroatoms. The number of ether oxygens (including phenoxy) is 1. The maximum absolute atomic E-state index is 5.79. The SMILES string of the molecule is CCCNC(CC1(OC)CCC1)c1cnccc1C. The highest BCUT2D eigenvalue weighted by atomic mass is 16.5. The largest absolute Gasteiger partial charge is 0.378 e. The molecule has 1 unspecified atom stereocenters. The zero-order valence-electron chi connectivity index (χ0n) is 12.4. The van der Waals surface area contributed by atoms with Crippen LogP contribution in [0.15, 0.2) is 18.5 Å². The second kappa shape index (κ2) is 6.49. The van der Waals surface area contributed by atoms with Crippen molar-refractivity contribution in [2.75, 3.05) is 13.7 Å². The summed E-state index contributed by atoms with van der Waals surface area (Å²) in [6.45, 7) is 5.41. The fourth-order valence-electron chi connectivity index (χ4n) is 2.89. The van der Waals surface area contributed by atoms with Gasteiger partial charge in [0.2, 0.25) is 0 Å². The predicted octanol–water partition coefficient (Wildman–Crippen LogP) is 3.39. The van der Waals surface area contributed by atoms with E-state index in [1.54, 1.807) is 0 Å². The van der Waals surface area contributed by atoms with Gasteiger partial charge in [0.05, 0.1) is 5.60 Å². The van der Waals surface area contributed by atoms with Gasteiger partial charge in [0.1, 0.15) is 0 Å². The molecule has 1 aromatic rings. The zero-order valence-corrected chi connectivity index (χ0v) is 12.4. The van der Waals surface area contributed by atoms with Crippen LogP contribution in [0.25, 0.3) is 0 Å². The van der Waals surface area contributed by atoms with Crippen molar-refractivity contribution in [3.8, 4) is 0 Å². The minimum atomic E-state index is 0.0910. The van der Waals surface area contributed by atoms with Gasteiger partial charge in [-0.3, -0.25) is 4.98 Å². The minimum Gasteiger partial charge on any atom is -0.378 e. The molecule has 1 atom stereocenters. The predicted molar refractivity (Wildman–Crippen MR) is 78.2 cm³/mol. The molecular formula is C16H26N2O. The van der Waals surface area contributed by atoms with Crippen molar-refractivity contribution in [3.05, 3.63) is 29.6 Å².